The van der Waals surface area contributed by atoms with Gasteiger partial charge in [0.2, 0.25) is 10.0 Å². The quantitative estimate of drug-likeness (QED) is 0.763. The summed E-state index contributed by atoms with van der Waals surface area (Å²) in [6, 6.07) is 8.62. The summed E-state index contributed by atoms with van der Waals surface area (Å²) in [5.41, 5.74) is 1.91. The third kappa shape index (κ3) is 4.43. The van der Waals surface area contributed by atoms with Gasteiger partial charge in [0.15, 0.2) is 0 Å². The van der Waals surface area contributed by atoms with Crippen LogP contribution in [0.5, 0.6) is 5.75 Å². The normalized spacial score (nSPS) is 15.8. The number of amides is 1. The minimum absolute atomic E-state index is 0.208. The molecule has 1 fully saturated rings. The summed E-state index contributed by atoms with van der Waals surface area (Å²) >= 11 is 0. The van der Waals surface area contributed by atoms with Crippen molar-refractivity contribution in [2.45, 2.75) is 25.2 Å². The van der Waals surface area contributed by atoms with E-state index >= 15 is 0 Å². The predicted molar refractivity (Wildman–Crippen MR) is 108 cm³/mol. The summed E-state index contributed by atoms with van der Waals surface area (Å²) in [5, 5.41) is 0. The maximum atomic E-state index is 13.2. The lowest BCUT2D eigenvalue weighted by atomic mass is 10.1. The van der Waals surface area contributed by atoms with E-state index in [1.807, 2.05) is 13.8 Å². The van der Waals surface area contributed by atoms with Gasteiger partial charge < -0.3 is 9.64 Å². The number of carbonyl (C=O) groups excluding carboxylic acids is 1. The molecule has 6 nitrogen and oxygen atoms in total. The molecule has 0 aliphatic carbocycles. The summed E-state index contributed by atoms with van der Waals surface area (Å²) in [5.74, 6) is 0.0519. The highest BCUT2D eigenvalue weighted by molar-refractivity contribution is 7.89. The standard InChI is InChI=1S/C21H25FN2O4S/c1-15-13-19(14-16(2)20(15)28-3)29(26,27)24-10-4-9-23(11-12-24)21(25)17-5-7-18(22)8-6-17/h5-8,13-14H,4,9-12H2,1-3H3. The van der Waals surface area contributed by atoms with E-state index in [2.05, 4.69) is 0 Å². The molecule has 2 aromatic carbocycles. The van der Waals surface area contributed by atoms with Crippen molar-refractivity contribution in [1.82, 2.24) is 9.21 Å². The number of methoxy groups -OCH3 is 1. The van der Waals surface area contributed by atoms with Crippen LogP contribution in [-0.4, -0.2) is 56.8 Å². The van der Waals surface area contributed by atoms with Gasteiger partial charge in [-0.2, -0.15) is 4.31 Å². The number of hydrogen-bond acceptors (Lipinski definition) is 4. The molecule has 0 atom stereocenters. The molecule has 29 heavy (non-hydrogen) atoms. The van der Waals surface area contributed by atoms with Gasteiger partial charge in [-0.05, 0) is 67.8 Å². The lowest BCUT2D eigenvalue weighted by Gasteiger charge is -2.22. The maximum absolute atomic E-state index is 13.2. The zero-order chi connectivity index (χ0) is 21.2. The Labute approximate surface area is 170 Å². The molecule has 0 radical (unpaired) electrons. The molecule has 1 amide bonds. The third-order valence-corrected chi connectivity index (χ3v) is 6.99. The molecule has 156 valence electrons. The molecule has 1 aliphatic heterocycles. The van der Waals surface area contributed by atoms with E-state index in [1.165, 1.54) is 28.6 Å². The summed E-state index contributed by atoms with van der Waals surface area (Å²) in [4.78, 5) is 14.5. The molecule has 1 saturated heterocycles. The number of aryl methyl sites for hydroxylation is 2. The largest absolute Gasteiger partial charge is 0.496 e. The Hall–Kier alpha value is -2.45. The van der Waals surface area contributed by atoms with Crippen LogP contribution in [0.1, 0.15) is 27.9 Å². The van der Waals surface area contributed by atoms with Crippen LogP contribution >= 0.6 is 0 Å². The van der Waals surface area contributed by atoms with Crippen molar-refractivity contribution >= 4 is 15.9 Å². The van der Waals surface area contributed by atoms with Gasteiger partial charge in [-0.3, -0.25) is 4.79 Å². The monoisotopic (exact) mass is 420 g/mol. The maximum Gasteiger partial charge on any atom is 0.253 e. The fourth-order valence-corrected chi connectivity index (χ4v) is 5.28. The number of benzene rings is 2. The minimum Gasteiger partial charge on any atom is -0.496 e. The van der Waals surface area contributed by atoms with Crippen molar-refractivity contribution in [2.75, 3.05) is 33.3 Å². The van der Waals surface area contributed by atoms with Crippen LogP contribution in [0.4, 0.5) is 4.39 Å². The van der Waals surface area contributed by atoms with E-state index in [-0.39, 0.29) is 23.9 Å². The Kier molecular flexibility index (Phi) is 6.24. The van der Waals surface area contributed by atoms with Crippen molar-refractivity contribution < 1.29 is 22.3 Å². The van der Waals surface area contributed by atoms with E-state index in [9.17, 15) is 17.6 Å². The van der Waals surface area contributed by atoms with Gasteiger partial charge in [0, 0.05) is 31.7 Å². The fourth-order valence-electron chi connectivity index (χ4n) is 3.64. The SMILES string of the molecule is COc1c(C)cc(S(=O)(=O)N2CCCN(C(=O)c3ccc(F)cc3)CC2)cc1C. The number of carbonyl (C=O) groups is 1. The lowest BCUT2D eigenvalue weighted by molar-refractivity contribution is 0.0764. The molecule has 3 rings (SSSR count). The minimum atomic E-state index is -3.68. The van der Waals surface area contributed by atoms with Gasteiger partial charge in [0.05, 0.1) is 12.0 Å². The molecule has 1 aliphatic rings. The molecule has 0 spiro atoms. The smallest absolute Gasteiger partial charge is 0.253 e. The van der Waals surface area contributed by atoms with Crippen molar-refractivity contribution in [3.05, 3.63) is 58.9 Å². The van der Waals surface area contributed by atoms with Crippen LogP contribution < -0.4 is 4.74 Å². The topological polar surface area (TPSA) is 66.9 Å². The van der Waals surface area contributed by atoms with Crippen LogP contribution in [0.2, 0.25) is 0 Å². The zero-order valence-electron chi connectivity index (χ0n) is 16.8. The molecular weight excluding hydrogens is 395 g/mol. The molecule has 0 unspecified atom stereocenters. The summed E-state index contributed by atoms with van der Waals surface area (Å²) < 4.78 is 46.2. The van der Waals surface area contributed by atoms with Gasteiger partial charge in [0.1, 0.15) is 11.6 Å². The van der Waals surface area contributed by atoms with Gasteiger partial charge in [0.25, 0.3) is 5.91 Å². The van der Waals surface area contributed by atoms with E-state index in [0.29, 0.717) is 30.8 Å². The lowest BCUT2D eigenvalue weighted by Crippen LogP contribution is -2.37. The number of halogens is 1. The van der Waals surface area contributed by atoms with E-state index in [0.717, 1.165) is 11.1 Å². The van der Waals surface area contributed by atoms with Gasteiger partial charge in [-0.1, -0.05) is 0 Å². The molecule has 1 heterocycles. The average Bonchev–Trinajstić information content (AvgIpc) is 2.94. The van der Waals surface area contributed by atoms with Crippen LogP contribution in [0.25, 0.3) is 0 Å². The van der Waals surface area contributed by atoms with Crippen LogP contribution in [0.3, 0.4) is 0 Å². The predicted octanol–water partition coefficient (Wildman–Crippen LogP) is 2.99. The molecule has 0 saturated carbocycles. The molecule has 8 heteroatoms. The number of hydrogen-bond donors (Lipinski definition) is 0. The Bertz CT molecular complexity index is 983. The first kappa shape index (κ1) is 21.3. The first-order valence-electron chi connectivity index (χ1n) is 9.44. The van der Waals surface area contributed by atoms with E-state index in [1.54, 1.807) is 24.1 Å². The summed E-state index contributed by atoms with van der Waals surface area (Å²) in [6.07, 6.45) is 0.528. The number of ether oxygens (including phenoxy) is 1. The number of sulfonamides is 1. The molecule has 0 N–H and O–H groups in total. The highest BCUT2D eigenvalue weighted by atomic mass is 32.2. The number of rotatable bonds is 4. The second-order valence-corrected chi connectivity index (χ2v) is 9.08. The van der Waals surface area contributed by atoms with Crippen molar-refractivity contribution in [3.63, 3.8) is 0 Å². The first-order valence-corrected chi connectivity index (χ1v) is 10.9. The van der Waals surface area contributed by atoms with Crippen LogP contribution in [0.15, 0.2) is 41.3 Å². The second kappa shape index (κ2) is 8.51. The van der Waals surface area contributed by atoms with E-state index in [4.69, 9.17) is 4.74 Å². The molecule has 2 aromatic rings. The van der Waals surface area contributed by atoms with Crippen molar-refractivity contribution in [1.29, 1.82) is 0 Å². The Morgan fingerprint density at radius 2 is 1.62 bits per heavy atom. The highest BCUT2D eigenvalue weighted by Crippen LogP contribution is 2.28. The van der Waals surface area contributed by atoms with Crippen molar-refractivity contribution in [3.8, 4) is 5.75 Å². The fraction of sp³-hybridized carbons (Fsp3) is 0.381. The summed E-state index contributed by atoms with van der Waals surface area (Å²) in [6.45, 7) is 4.90. The molecule has 0 bridgehead atoms. The summed E-state index contributed by atoms with van der Waals surface area (Å²) in [7, 11) is -2.12. The van der Waals surface area contributed by atoms with Crippen molar-refractivity contribution in [2.24, 2.45) is 0 Å². The third-order valence-electron chi connectivity index (χ3n) is 5.11. The van der Waals surface area contributed by atoms with Gasteiger partial charge in [-0.15, -0.1) is 0 Å². The Morgan fingerprint density at radius 3 is 2.21 bits per heavy atom. The van der Waals surface area contributed by atoms with E-state index < -0.39 is 15.8 Å². The average molecular weight is 421 g/mol. The zero-order valence-corrected chi connectivity index (χ0v) is 17.6. The second-order valence-electron chi connectivity index (χ2n) is 7.15. The first-order chi connectivity index (χ1) is 13.7. The molecule has 0 aromatic heterocycles. The Balaban J connectivity index is 1.78. The van der Waals surface area contributed by atoms with Gasteiger partial charge >= 0.3 is 0 Å². The van der Waals surface area contributed by atoms with Gasteiger partial charge in [-0.25, -0.2) is 12.8 Å². The molecular formula is C21H25FN2O4S. The highest BCUT2D eigenvalue weighted by Gasteiger charge is 2.29. The Morgan fingerprint density at radius 1 is 1.00 bits per heavy atom. The van der Waals surface area contributed by atoms with Crippen LogP contribution in [-0.2, 0) is 10.0 Å². The van der Waals surface area contributed by atoms with Crippen LogP contribution in [0, 0.1) is 19.7 Å². The number of nitrogens with zero attached hydrogens (tertiary/aromatic N) is 2.